The monoisotopic (exact) mass is 687 g/mol. The van der Waals surface area contributed by atoms with E-state index in [0.717, 1.165) is 4.47 Å². The topological polar surface area (TPSA) is 99.1 Å². The van der Waals surface area contributed by atoms with Crippen LogP contribution in [0.25, 0.3) is 0 Å². The molecule has 2 unspecified atom stereocenters. The average molecular weight is 689 g/mol. The van der Waals surface area contributed by atoms with Crippen LogP contribution in [-0.4, -0.2) is 29.7 Å². The van der Waals surface area contributed by atoms with Gasteiger partial charge in [-0.3, -0.25) is 0 Å². The fourth-order valence-electron chi connectivity index (χ4n) is 5.72. The summed E-state index contributed by atoms with van der Waals surface area (Å²) in [6, 6.07) is 36.8. The molecule has 0 aromatic heterocycles. The maximum atomic E-state index is 15.5. The van der Waals surface area contributed by atoms with E-state index in [9.17, 15) is 0 Å². The predicted molar refractivity (Wildman–Crippen MR) is 172 cm³/mol. The van der Waals surface area contributed by atoms with E-state index in [1.165, 1.54) is 43.5 Å². The van der Waals surface area contributed by atoms with Crippen LogP contribution in [0.1, 0.15) is 16.7 Å². The lowest BCUT2D eigenvalue weighted by molar-refractivity contribution is 0.0260. The van der Waals surface area contributed by atoms with Crippen molar-refractivity contribution in [2.24, 2.45) is 5.16 Å². The summed E-state index contributed by atoms with van der Waals surface area (Å²) in [6.45, 7) is 0. The molecule has 1 heterocycles. The molecule has 0 saturated heterocycles. The second-order valence-electron chi connectivity index (χ2n) is 10.1. The van der Waals surface area contributed by atoms with Crippen LogP contribution >= 0.6 is 15.9 Å². The van der Waals surface area contributed by atoms with Gasteiger partial charge in [-0.1, -0.05) is 112 Å². The molecule has 222 valence electrons. The molecule has 0 aliphatic carbocycles. The third-order valence-corrected chi connectivity index (χ3v) is 13.1. The zero-order valence-electron chi connectivity index (χ0n) is 23.4. The number of benzene rings is 5. The Hall–Kier alpha value is -4.25. The van der Waals surface area contributed by atoms with E-state index in [-0.39, 0.29) is 26.6 Å². The van der Waals surface area contributed by atoms with Crippen molar-refractivity contribution >= 4 is 41.3 Å². The normalized spacial score (nSPS) is 20.0. The molecule has 0 N–H and O–H groups in total. The van der Waals surface area contributed by atoms with E-state index in [1.807, 2.05) is 0 Å². The quantitative estimate of drug-likeness (QED) is 0.176. The lowest BCUT2D eigenvalue weighted by atomic mass is 9.81. The second kappa shape index (κ2) is 11.4. The van der Waals surface area contributed by atoms with E-state index >= 15 is 16.8 Å². The van der Waals surface area contributed by atoms with Crippen LogP contribution < -0.4 is 4.74 Å². The van der Waals surface area contributed by atoms with Crippen molar-refractivity contribution < 1.29 is 26.4 Å². The zero-order valence-corrected chi connectivity index (χ0v) is 26.6. The van der Waals surface area contributed by atoms with Gasteiger partial charge in [0, 0.05) is 15.6 Å². The highest BCUT2D eigenvalue weighted by atomic mass is 79.9. The van der Waals surface area contributed by atoms with E-state index in [2.05, 4.69) is 21.1 Å². The number of nitrogens with zero attached hydrogens (tertiary/aromatic N) is 1. The summed E-state index contributed by atoms with van der Waals surface area (Å²) in [4.78, 5) is 3.40. The van der Waals surface area contributed by atoms with Crippen LogP contribution in [-0.2, 0) is 34.2 Å². The Kier molecular flexibility index (Phi) is 7.69. The molecule has 0 fully saturated rings. The molecule has 1 aliphatic heterocycles. The molecule has 0 saturated carbocycles. The summed E-state index contributed by atoms with van der Waals surface area (Å²) >= 11 is 3.44. The van der Waals surface area contributed by atoms with Crippen molar-refractivity contribution in [2.45, 2.75) is 19.5 Å². The summed E-state index contributed by atoms with van der Waals surface area (Å²) in [5, 5.41) is 4.43. The maximum absolute atomic E-state index is 15.5. The van der Waals surface area contributed by atoms with Gasteiger partial charge < -0.3 is 9.57 Å². The molecule has 6 rings (SSSR count). The molecule has 5 aromatic rings. The predicted octanol–water partition coefficient (Wildman–Crippen LogP) is 6.89. The van der Waals surface area contributed by atoms with Crippen LogP contribution in [0.4, 0.5) is 0 Å². The van der Waals surface area contributed by atoms with Gasteiger partial charge in [0.25, 0.3) is 4.93 Å². The van der Waals surface area contributed by atoms with Gasteiger partial charge in [-0.05, 0) is 54.1 Å². The second-order valence-corrected chi connectivity index (χ2v) is 15.1. The Morgan fingerprint density at radius 2 is 1.11 bits per heavy atom. The standard InChI is InChI=1S/C34H26BrNO6S2/c1-41-29-23-19-27(20-24-29)34(44(39,40)31-15-9-4-10-16-31)33(26-11-5-2-6-12-26,43(37,38)30-13-7-3-8-14-30)32(36-42-34)25-17-21-28(35)22-18-25/h2-24H,1H3. The maximum Gasteiger partial charge on any atom is 0.295 e. The third kappa shape index (κ3) is 4.31. The Balaban J connectivity index is 1.86. The Bertz CT molecular complexity index is 2040. The van der Waals surface area contributed by atoms with Gasteiger partial charge in [-0.25, -0.2) is 16.8 Å². The number of rotatable bonds is 8. The average Bonchev–Trinajstić information content (AvgIpc) is 3.45. The van der Waals surface area contributed by atoms with Gasteiger partial charge in [0.15, 0.2) is 9.84 Å². The van der Waals surface area contributed by atoms with Gasteiger partial charge in [0.05, 0.1) is 16.9 Å². The smallest absolute Gasteiger partial charge is 0.295 e. The van der Waals surface area contributed by atoms with E-state index < -0.39 is 29.4 Å². The van der Waals surface area contributed by atoms with Crippen LogP contribution in [0, 0.1) is 0 Å². The number of hydrogen-bond donors (Lipinski definition) is 0. The highest BCUT2D eigenvalue weighted by Crippen LogP contribution is 2.61. The molecule has 0 spiro atoms. The number of sulfone groups is 2. The van der Waals surface area contributed by atoms with Crippen molar-refractivity contribution in [3.05, 3.63) is 161 Å². The van der Waals surface area contributed by atoms with Crippen LogP contribution in [0.2, 0.25) is 0 Å². The largest absolute Gasteiger partial charge is 0.497 e. The summed E-state index contributed by atoms with van der Waals surface area (Å²) in [7, 11) is -7.95. The first-order valence-corrected chi connectivity index (χ1v) is 17.3. The first-order chi connectivity index (χ1) is 21.2. The number of methoxy groups -OCH3 is 1. The number of hydrogen-bond acceptors (Lipinski definition) is 7. The zero-order chi connectivity index (χ0) is 31.0. The fourth-order valence-corrected chi connectivity index (χ4v) is 10.9. The molecule has 5 aromatic carbocycles. The number of ether oxygens (including phenoxy) is 1. The molecular weight excluding hydrogens is 662 g/mol. The minimum atomic E-state index is -4.73. The van der Waals surface area contributed by atoms with E-state index in [4.69, 9.17) is 9.57 Å². The summed E-state index contributed by atoms with van der Waals surface area (Å²) in [6.07, 6.45) is 0. The highest BCUT2D eigenvalue weighted by Gasteiger charge is 2.77. The summed E-state index contributed by atoms with van der Waals surface area (Å²) < 4.78 is 65.4. The van der Waals surface area contributed by atoms with Gasteiger partial charge in [-0.15, -0.1) is 0 Å². The van der Waals surface area contributed by atoms with E-state index in [0.29, 0.717) is 11.3 Å². The first-order valence-electron chi connectivity index (χ1n) is 13.5. The minimum absolute atomic E-state index is 0.0568. The van der Waals surface area contributed by atoms with Crippen LogP contribution in [0.5, 0.6) is 5.75 Å². The lowest BCUT2D eigenvalue weighted by Crippen LogP contribution is -2.60. The molecule has 1 aliphatic rings. The Labute approximate surface area is 264 Å². The highest BCUT2D eigenvalue weighted by molar-refractivity contribution is 9.10. The van der Waals surface area contributed by atoms with Crippen molar-refractivity contribution in [1.82, 2.24) is 0 Å². The SMILES string of the molecule is COc1ccc(C2(S(=O)(=O)c3ccccc3)ON=C(c3ccc(Br)cc3)C2(c2ccccc2)S(=O)(=O)c2ccccc2)cc1. The van der Waals surface area contributed by atoms with Crippen molar-refractivity contribution in [3.8, 4) is 5.75 Å². The van der Waals surface area contributed by atoms with Gasteiger partial charge in [-0.2, -0.15) is 0 Å². The van der Waals surface area contributed by atoms with Gasteiger partial charge in [0.1, 0.15) is 11.5 Å². The molecule has 10 heteroatoms. The van der Waals surface area contributed by atoms with Crippen LogP contribution in [0.3, 0.4) is 0 Å². The Morgan fingerprint density at radius 1 is 0.614 bits per heavy atom. The molecule has 2 atom stereocenters. The molecule has 0 amide bonds. The number of oxime groups is 1. The molecule has 7 nitrogen and oxygen atoms in total. The van der Waals surface area contributed by atoms with Crippen molar-refractivity contribution in [2.75, 3.05) is 7.11 Å². The minimum Gasteiger partial charge on any atom is -0.497 e. The first kappa shape index (κ1) is 29.8. The van der Waals surface area contributed by atoms with Crippen LogP contribution in [0.15, 0.2) is 159 Å². The molecule has 44 heavy (non-hydrogen) atoms. The summed E-state index contributed by atoms with van der Waals surface area (Å²) in [5.41, 5.74) is 0.519. The fraction of sp³-hybridized carbons (Fsp3) is 0.0882. The molecular formula is C34H26BrNO6S2. The third-order valence-electron chi connectivity index (χ3n) is 7.72. The van der Waals surface area contributed by atoms with Gasteiger partial charge >= 0.3 is 0 Å². The van der Waals surface area contributed by atoms with Crippen molar-refractivity contribution in [3.63, 3.8) is 0 Å². The Morgan fingerprint density at radius 3 is 1.64 bits per heavy atom. The van der Waals surface area contributed by atoms with E-state index in [1.54, 1.807) is 103 Å². The lowest BCUT2D eigenvalue weighted by Gasteiger charge is -2.43. The van der Waals surface area contributed by atoms with Crippen molar-refractivity contribution in [1.29, 1.82) is 0 Å². The van der Waals surface area contributed by atoms with Gasteiger partial charge in [0.2, 0.25) is 14.6 Å². The summed E-state index contributed by atoms with van der Waals surface area (Å²) in [5.74, 6) is 0.448. The molecule has 0 radical (unpaired) electrons. The number of halogens is 1. The molecule has 0 bridgehead atoms.